The summed E-state index contributed by atoms with van der Waals surface area (Å²) in [5.74, 6) is 0.241. The van der Waals surface area contributed by atoms with Gasteiger partial charge in [0.15, 0.2) is 5.12 Å². The molecular formula is C18H24BFO3S. The van der Waals surface area contributed by atoms with Gasteiger partial charge in [0.25, 0.3) is 0 Å². The average molecular weight is 350 g/mol. The summed E-state index contributed by atoms with van der Waals surface area (Å²) in [7, 11) is -0.521. The minimum atomic E-state index is -0.521. The Morgan fingerprint density at radius 1 is 1.25 bits per heavy atom. The van der Waals surface area contributed by atoms with E-state index < -0.39 is 18.3 Å². The maximum atomic E-state index is 13.5. The number of hydrogen-bond donors (Lipinski definition) is 0. The molecule has 0 bridgehead atoms. The molecule has 0 unspecified atom stereocenters. The van der Waals surface area contributed by atoms with Crippen LogP contribution in [0.5, 0.6) is 0 Å². The Kier molecular flexibility index (Phi) is 5.62. The predicted molar refractivity (Wildman–Crippen MR) is 98.3 cm³/mol. The molecule has 130 valence electrons. The Balaban J connectivity index is 2.33. The SMILES string of the molecule is CC(=O)SCC(=Cc1ccc(F)c(C)c1)B1OC(C)(C)C(C)(C)O1. The van der Waals surface area contributed by atoms with Crippen LogP contribution in [0.4, 0.5) is 4.39 Å². The highest BCUT2D eigenvalue weighted by Crippen LogP contribution is 2.39. The van der Waals surface area contributed by atoms with Gasteiger partial charge in [-0.1, -0.05) is 23.9 Å². The molecule has 0 aromatic heterocycles. The van der Waals surface area contributed by atoms with Crippen LogP contribution in [0.2, 0.25) is 0 Å². The normalized spacial score (nSPS) is 19.6. The van der Waals surface area contributed by atoms with Crippen LogP contribution in [-0.4, -0.2) is 29.2 Å². The molecule has 24 heavy (non-hydrogen) atoms. The Morgan fingerprint density at radius 2 is 1.83 bits per heavy atom. The highest BCUT2D eigenvalue weighted by Gasteiger charge is 2.52. The number of aryl methyl sites for hydroxylation is 1. The summed E-state index contributed by atoms with van der Waals surface area (Å²) in [4.78, 5) is 11.4. The molecule has 0 spiro atoms. The van der Waals surface area contributed by atoms with Gasteiger partial charge in [0, 0.05) is 12.7 Å². The number of hydrogen-bond acceptors (Lipinski definition) is 4. The van der Waals surface area contributed by atoms with Gasteiger partial charge in [0.1, 0.15) is 5.82 Å². The van der Waals surface area contributed by atoms with Crippen LogP contribution in [0.3, 0.4) is 0 Å². The quantitative estimate of drug-likeness (QED) is 0.753. The molecule has 0 N–H and O–H groups in total. The maximum absolute atomic E-state index is 13.5. The van der Waals surface area contributed by atoms with Gasteiger partial charge in [0.05, 0.1) is 11.2 Å². The molecular weight excluding hydrogens is 326 g/mol. The summed E-state index contributed by atoms with van der Waals surface area (Å²) < 4.78 is 25.7. The molecule has 1 aromatic carbocycles. The Hall–Kier alpha value is -1.11. The van der Waals surface area contributed by atoms with Gasteiger partial charge in [-0.2, -0.15) is 0 Å². The van der Waals surface area contributed by atoms with E-state index in [4.69, 9.17) is 9.31 Å². The van der Waals surface area contributed by atoms with Crippen LogP contribution in [0.1, 0.15) is 45.7 Å². The fourth-order valence-corrected chi connectivity index (χ4v) is 2.92. The van der Waals surface area contributed by atoms with Crippen LogP contribution in [0.25, 0.3) is 6.08 Å². The van der Waals surface area contributed by atoms with Crippen molar-refractivity contribution in [1.82, 2.24) is 0 Å². The first kappa shape index (κ1) is 19.2. The third kappa shape index (κ3) is 4.29. The Bertz CT molecular complexity index is 654. The van der Waals surface area contributed by atoms with E-state index in [1.54, 1.807) is 19.1 Å². The van der Waals surface area contributed by atoms with E-state index in [1.807, 2.05) is 33.8 Å². The molecule has 2 rings (SSSR count). The monoisotopic (exact) mass is 350 g/mol. The van der Waals surface area contributed by atoms with Crippen molar-refractivity contribution < 1.29 is 18.5 Å². The number of rotatable bonds is 4. The third-order valence-electron chi connectivity index (χ3n) is 4.53. The van der Waals surface area contributed by atoms with Gasteiger partial charge in [-0.15, -0.1) is 0 Å². The standard InChI is InChI=1S/C18H24BFO3S/c1-12-9-14(7-8-16(12)20)10-15(11-24-13(2)21)19-22-17(3,4)18(5,6)23-19/h7-10H,11H2,1-6H3. The van der Waals surface area contributed by atoms with Crippen molar-refractivity contribution in [2.45, 2.75) is 52.7 Å². The topological polar surface area (TPSA) is 35.5 Å². The van der Waals surface area contributed by atoms with Crippen LogP contribution in [-0.2, 0) is 14.1 Å². The van der Waals surface area contributed by atoms with Crippen LogP contribution in [0, 0.1) is 12.7 Å². The van der Waals surface area contributed by atoms with E-state index >= 15 is 0 Å². The molecule has 1 aromatic rings. The predicted octanol–water partition coefficient (Wildman–Crippen LogP) is 4.43. The molecule has 1 saturated heterocycles. The Morgan fingerprint density at radius 3 is 2.33 bits per heavy atom. The zero-order valence-corrected chi connectivity index (χ0v) is 15.9. The third-order valence-corrected chi connectivity index (χ3v) is 5.42. The summed E-state index contributed by atoms with van der Waals surface area (Å²) in [5, 5.41) is 0.0349. The van der Waals surface area contributed by atoms with E-state index in [2.05, 4.69) is 0 Å². The smallest absolute Gasteiger partial charge is 0.400 e. The lowest BCUT2D eigenvalue weighted by Gasteiger charge is -2.32. The fraction of sp³-hybridized carbons (Fsp3) is 0.500. The van der Waals surface area contributed by atoms with Crippen LogP contribution in [0.15, 0.2) is 23.7 Å². The maximum Gasteiger partial charge on any atom is 0.491 e. The molecule has 1 fully saturated rings. The zero-order chi connectivity index (χ0) is 18.1. The minimum absolute atomic E-state index is 0.0349. The lowest BCUT2D eigenvalue weighted by atomic mass is 9.78. The number of benzene rings is 1. The molecule has 0 amide bonds. The second kappa shape index (κ2) is 7.02. The molecule has 0 atom stereocenters. The molecule has 6 heteroatoms. The molecule has 1 heterocycles. The Labute approximate surface area is 148 Å². The number of carbonyl (C=O) groups is 1. The minimum Gasteiger partial charge on any atom is -0.400 e. The van der Waals surface area contributed by atoms with Crippen molar-refractivity contribution >= 4 is 30.1 Å². The van der Waals surface area contributed by atoms with Gasteiger partial charge in [-0.05, 0) is 63.4 Å². The van der Waals surface area contributed by atoms with E-state index in [0.717, 1.165) is 11.0 Å². The van der Waals surface area contributed by atoms with Crippen molar-refractivity contribution in [3.8, 4) is 0 Å². The van der Waals surface area contributed by atoms with E-state index in [9.17, 15) is 9.18 Å². The lowest BCUT2D eigenvalue weighted by molar-refractivity contribution is -0.109. The lowest BCUT2D eigenvalue weighted by Crippen LogP contribution is -2.41. The van der Waals surface area contributed by atoms with Gasteiger partial charge in [-0.25, -0.2) is 4.39 Å². The van der Waals surface area contributed by atoms with Crippen LogP contribution >= 0.6 is 11.8 Å². The van der Waals surface area contributed by atoms with E-state index in [0.29, 0.717) is 11.3 Å². The molecule has 1 aliphatic heterocycles. The molecule has 0 saturated carbocycles. The summed E-state index contributed by atoms with van der Waals surface area (Å²) in [5.41, 5.74) is 1.41. The summed E-state index contributed by atoms with van der Waals surface area (Å²) in [6.07, 6.45) is 1.92. The zero-order valence-electron chi connectivity index (χ0n) is 15.1. The summed E-state index contributed by atoms with van der Waals surface area (Å²) in [6, 6.07) is 4.94. The highest BCUT2D eigenvalue weighted by atomic mass is 32.2. The molecule has 1 aliphatic rings. The second-order valence-electron chi connectivity index (χ2n) is 7.10. The van der Waals surface area contributed by atoms with Crippen LogP contribution < -0.4 is 0 Å². The summed E-state index contributed by atoms with van der Waals surface area (Å²) >= 11 is 1.21. The highest BCUT2D eigenvalue weighted by molar-refractivity contribution is 8.13. The average Bonchev–Trinajstić information content (AvgIpc) is 2.67. The van der Waals surface area contributed by atoms with E-state index in [1.165, 1.54) is 24.8 Å². The first-order valence-corrected chi connectivity index (χ1v) is 8.96. The second-order valence-corrected chi connectivity index (χ2v) is 8.25. The molecule has 0 radical (unpaired) electrons. The number of carbonyl (C=O) groups excluding carboxylic acids is 1. The molecule has 3 nitrogen and oxygen atoms in total. The summed E-state index contributed by atoms with van der Waals surface area (Å²) in [6.45, 7) is 11.2. The number of thioether (sulfide) groups is 1. The molecule has 0 aliphatic carbocycles. The number of halogens is 1. The first-order valence-electron chi connectivity index (χ1n) is 7.97. The van der Waals surface area contributed by atoms with Crippen molar-refractivity contribution in [3.63, 3.8) is 0 Å². The van der Waals surface area contributed by atoms with Crippen molar-refractivity contribution in [3.05, 3.63) is 40.6 Å². The van der Waals surface area contributed by atoms with Gasteiger partial charge in [-0.3, -0.25) is 4.79 Å². The van der Waals surface area contributed by atoms with Gasteiger partial charge < -0.3 is 9.31 Å². The van der Waals surface area contributed by atoms with Gasteiger partial charge >= 0.3 is 7.12 Å². The fourth-order valence-electron chi connectivity index (χ4n) is 2.33. The van der Waals surface area contributed by atoms with Crippen molar-refractivity contribution in [2.75, 3.05) is 5.75 Å². The first-order chi connectivity index (χ1) is 11.0. The van der Waals surface area contributed by atoms with Crippen molar-refractivity contribution in [2.24, 2.45) is 0 Å². The van der Waals surface area contributed by atoms with Crippen molar-refractivity contribution in [1.29, 1.82) is 0 Å². The van der Waals surface area contributed by atoms with Gasteiger partial charge in [0.2, 0.25) is 0 Å². The largest absolute Gasteiger partial charge is 0.491 e. The van der Waals surface area contributed by atoms with E-state index in [-0.39, 0.29) is 10.9 Å².